The molecule has 0 aromatic rings. The minimum absolute atomic E-state index is 0. The van der Waals surface area contributed by atoms with Crippen molar-refractivity contribution in [3.05, 3.63) is 0 Å². The fraction of sp³-hybridized carbons (Fsp3) is 0.500. The summed E-state index contributed by atoms with van der Waals surface area (Å²) in [7, 11) is 0. The lowest BCUT2D eigenvalue weighted by molar-refractivity contribution is -0.135. The molecule has 0 rings (SSSR count). The molecule has 0 heterocycles. The third-order valence-electron chi connectivity index (χ3n) is 0.175. The van der Waals surface area contributed by atoms with E-state index in [0.29, 0.717) is 0 Å². The minimum atomic E-state index is -0.968. The van der Waals surface area contributed by atoms with Crippen molar-refractivity contribution in [2.45, 2.75) is 0 Å². The van der Waals surface area contributed by atoms with Gasteiger partial charge in [-0.15, -0.1) is 0 Å². The largest absolute Gasteiger partial charge is 0.480 e. The van der Waals surface area contributed by atoms with Crippen LogP contribution < -0.4 is 5.73 Å². The Morgan fingerprint density at radius 1 is 1.83 bits per heavy atom. The normalized spacial score (nSPS) is 6.17. The fourth-order valence-electron chi connectivity index (χ4n) is 0. The second-order valence-corrected chi connectivity index (χ2v) is 0.598. The summed E-state index contributed by atoms with van der Waals surface area (Å²) >= 11 is 0. The predicted molar refractivity (Wildman–Crippen MR) is 26.6 cm³/mol. The highest BCUT2D eigenvalue weighted by molar-refractivity contribution is 5.75. The molecular formula is C2H8AlNO2. The van der Waals surface area contributed by atoms with Crippen LogP contribution in [0.1, 0.15) is 0 Å². The molecule has 0 saturated heterocycles. The number of hydrogen-bond donors (Lipinski definition) is 2. The van der Waals surface area contributed by atoms with Crippen LogP contribution in [-0.2, 0) is 4.79 Å². The van der Waals surface area contributed by atoms with E-state index in [2.05, 4.69) is 5.73 Å². The van der Waals surface area contributed by atoms with Gasteiger partial charge in [0.05, 0.1) is 6.54 Å². The van der Waals surface area contributed by atoms with Crippen molar-refractivity contribution >= 4 is 23.3 Å². The molecule has 36 valence electrons. The Kier molecular flexibility index (Phi) is 7.73. The molecule has 3 nitrogen and oxygen atoms in total. The van der Waals surface area contributed by atoms with Crippen LogP contribution in [0.3, 0.4) is 0 Å². The summed E-state index contributed by atoms with van der Waals surface area (Å²) < 4.78 is 0. The Bertz CT molecular complexity index is 46.8. The summed E-state index contributed by atoms with van der Waals surface area (Å²) in [4.78, 5) is 9.24. The molecule has 0 unspecified atom stereocenters. The van der Waals surface area contributed by atoms with E-state index in [4.69, 9.17) is 5.11 Å². The topological polar surface area (TPSA) is 63.3 Å². The average molecular weight is 105 g/mol. The highest BCUT2D eigenvalue weighted by Gasteiger charge is 1.81. The number of aliphatic carboxylic acids is 1. The first-order valence-corrected chi connectivity index (χ1v) is 1.19. The Labute approximate surface area is 46.3 Å². The first-order chi connectivity index (χ1) is 2.27. The van der Waals surface area contributed by atoms with Crippen LogP contribution in [0.2, 0.25) is 0 Å². The smallest absolute Gasteiger partial charge is 0.317 e. The van der Waals surface area contributed by atoms with Crippen LogP contribution in [0.5, 0.6) is 0 Å². The van der Waals surface area contributed by atoms with Crippen molar-refractivity contribution in [2.24, 2.45) is 5.73 Å². The third-order valence-corrected chi connectivity index (χ3v) is 0.175. The molecule has 0 radical (unpaired) electrons. The second kappa shape index (κ2) is 4.96. The fourth-order valence-corrected chi connectivity index (χ4v) is 0. The van der Waals surface area contributed by atoms with E-state index in [-0.39, 0.29) is 23.9 Å². The molecule has 0 aliphatic carbocycles. The van der Waals surface area contributed by atoms with Gasteiger partial charge in [0.25, 0.3) is 0 Å². The van der Waals surface area contributed by atoms with Crippen molar-refractivity contribution in [1.82, 2.24) is 0 Å². The SMILES string of the molecule is NCC(=O)O.[AlH3]. The van der Waals surface area contributed by atoms with Crippen LogP contribution in [0, 0.1) is 0 Å². The molecule has 0 saturated carbocycles. The van der Waals surface area contributed by atoms with Gasteiger partial charge in [0.15, 0.2) is 17.4 Å². The molecule has 0 aliphatic heterocycles. The lowest BCUT2D eigenvalue weighted by Gasteiger charge is -1.73. The Morgan fingerprint density at radius 2 is 2.00 bits per heavy atom. The first-order valence-electron chi connectivity index (χ1n) is 1.19. The number of nitrogens with two attached hydrogens (primary N) is 1. The van der Waals surface area contributed by atoms with Gasteiger partial charge in [-0.25, -0.2) is 0 Å². The number of carboxylic acid groups (broad SMARTS) is 1. The van der Waals surface area contributed by atoms with Crippen molar-refractivity contribution in [2.75, 3.05) is 6.54 Å². The Hall–Kier alpha value is -0.0375. The quantitative estimate of drug-likeness (QED) is 0.373. The lowest BCUT2D eigenvalue weighted by Crippen LogP contribution is -2.10. The summed E-state index contributed by atoms with van der Waals surface area (Å²) in [6.45, 7) is -0.278. The summed E-state index contributed by atoms with van der Waals surface area (Å²) in [5.41, 5.74) is 4.57. The minimum Gasteiger partial charge on any atom is -0.480 e. The zero-order valence-corrected chi connectivity index (χ0v) is 2.64. The van der Waals surface area contributed by atoms with Crippen molar-refractivity contribution in [1.29, 1.82) is 0 Å². The molecule has 0 bridgehead atoms. The van der Waals surface area contributed by atoms with E-state index in [1.54, 1.807) is 0 Å². The maximum Gasteiger partial charge on any atom is 0.317 e. The van der Waals surface area contributed by atoms with Crippen molar-refractivity contribution < 1.29 is 9.90 Å². The molecule has 0 aliphatic rings. The average Bonchev–Trinajstić information content (AvgIpc) is 1.38. The molecule has 0 aromatic heterocycles. The van der Waals surface area contributed by atoms with Gasteiger partial charge in [-0.2, -0.15) is 0 Å². The molecule has 4 heteroatoms. The number of carboxylic acids is 1. The molecule has 0 spiro atoms. The summed E-state index contributed by atoms with van der Waals surface area (Å²) in [5.74, 6) is -0.968. The van der Waals surface area contributed by atoms with Crippen molar-refractivity contribution in [3.8, 4) is 0 Å². The monoisotopic (exact) mass is 105 g/mol. The van der Waals surface area contributed by atoms with Crippen LogP contribution in [0.15, 0.2) is 0 Å². The molecule has 6 heavy (non-hydrogen) atoms. The van der Waals surface area contributed by atoms with Gasteiger partial charge in [0.1, 0.15) is 0 Å². The number of rotatable bonds is 1. The zero-order chi connectivity index (χ0) is 4.28. The van der Waals surface area contributed by atoms with E-state index >= 15 is 0 Å². The molecule has 0 aromatic carbocycles. The molecule has 0 amide bonds. The summed E-state index contributed by atoms with van der Waals surface area (Å²) in [6.07, 6.45) is 0. The van der Waals surface area contributed by atoms with Crippen LogP contribution >= 0.6 is 0 Å². The number of hydrogen-bond acceptors (Lipinski definition) is 2. The Balaban J connectivity index is 0. The Morgan fingerprint density at radius 3 is 2.00 bits per heavy atom. The van der Waals surface area contributed by atoms with Gasteiger partial charge in [-0.05, 0) is 0 Å². The summed E-state index contributed by atoms with van der Waals surface area (Å²) in [6, 6.07) is 0. The van der Waals surface area contributed by atoms with Crippen LogP contribution in [0.4, 0.5) is 0 Å². The molecule has 3 N–H and O–H groups in total. The van der Waals surface area contributed by atoms with Gasteiger partial charge in [0.2, 0.25) is 0 Å². The highest BCUT2D eigenvalue weighted by atomic mass is 27.0. The van der Waals surface area contributed by atoms with Crippen LogP contribution in [-0.4, -0.2) is 35.0 Å². The van der Waals surface area contributed by atoms with Gasteiger partial charge >= 0.3 is 5.97 Å². The van der Waals surface area contributed by atoms with Gasteiger partial charge in [-0.1, -0.05) is 0 Å². The van der Waals surface area contributed by atoms with E-state index in [1.807, 2.05) is 0 Å². The zero-order valence-electron chi connectivity index (χ0n) is 2.64. The maximum absolute atomic E-state index is 9.24. The van der Waals surface area contributed by atoms with Gasteiger partial charge in [-0.3, -0.25) is 4.79 Å². The molecule has 0 atom stereocenters. The molecule has 0 fully saturated rings. The van der Waals surface area contributed by atoms with Gasteiger partial charge in [0, 0.05) is 0 Å². The predicted octanol–water partition coefficient (Wildman–Crippen LogP) is -2.15. The first kappa shape index (κ1) is 9.35. The van der Waals surface area contributed by atoms with E-state index in [9.17, 15) is 4.79 Å². The third kappa shape index (κ3) is 9.03. The second-order valence-electron chi connectivity index (χ2n) is 0.598. The number of carbonyl (C=O) groups is 1. The standard InChI is InChI=1S/C2H5NO2.Al.3H/c3-1-2(4)5;;;;/h1,3H2,(H,4,5);;;;. The van der Waals surface area contributed by atoms with E-state index in [1.165, 1.54) is 0 Å². The van der Waals surface area contributed by atoms with Crippen LogP contribution in [0.25, 0.3) is 0 Å². The van der Waals surface area contributed by atoms with E-state index < -0.39 is 5.97 Å². The van der Waals surface area contributed by atoms with Gasteiger partial charge < -0.3 is 10.8 Å². The maximum atomic E-state index is 9.24. The lowest BCUT2D eigenvalue weighted by atomic mass is 10.7. The summed E-state index contributed by atoms with van der Waals surface area (Å²) in [5, 5.41) is 7.60. The van der Waals surface area contributed by atoms with Crippen molar-refractivity contribution in [3.63, 3.8) is 0 Å². The molecular weight excluding hydrogens is 97.0 g/mol. The van der Waals surface area contributed by atoms with E-state index in [0.717, 1.165) is 0 Å². The highest BCUT2D eigenvalue weighted by Crippen LogP contribution is 1.43.